The number of nitrogens with zero attached hydrogens (tertiary/aromatic N) is 6. The van der Waals surface area contributed by atoms with E-state index in [-0.39, 0.29) is 17.1 Å². The van der Waals surface area contributed by atoms with Gasteiger partial charge >= 0.3 is 23.5 Å². The Labute approximate surface area is 186 Å². The molecular formula is C10H15N8O13P3. The molecule has 3 rings (SSSR count). The minimum atomic E-state index is -5.76. The summed E-state index contributed by atoms with van der Waals surface area (Å²) in [7, 11) is -16.9. The van der Waals surface area contributed by atoms with Crippen LogP contribution in [0, 0.1) is 0 Å². The first-order valence-corrected chi connectivity index (χ1v) is 13.0. The highest BCUT2D eigenvalue weighted by Gasteiger charge is 2.49. The summed E-state index contributed by atoms with van der Waals surface area (Å²) in [5, 5.41) is 13.8. The number of anilines is 1. The van der Waals surface area contributed by atoms with Crippen molar-refractivity contribution in [2.24, 2.45) is 5.11 Å². The van der Waals surface area contributed by atoms with E-state index in [1.54, 1.807) is 0 Å². The second-order valence-corrected chi connectivity index (χ2v) is 10.9. The number of rotatable bonds is 9. The van der Waals surface area contributed by atoms with Crippen LogP contribution in [0.25, 0.3) is 21.6 Å². The molecule has 21 nitrogen and oxygen atoms in total. The lowest BCUT2D eigenvalue weighted by molar-refractivity contribution is -0.109. The van der Waals surface area contributed by atoms with Gasteiger partial charge in [0, 0.05) is 11.3 Å². The predicted octanol–water partition coefficient (Wildman–Crippen LogP) is -0.885. The SMILES string of the molecule is [N-]=[N+]=N[C@]1(n2cnc3c(=O)[nH]c(N)nc32)C[C@H](O)[C@@H](COP(=O)(O)OP(=O)(O)OP(=O)(O)O)O1. The van der Waals surface area contributed by atoms with Crippen molar-refractivity contribution >= 4 is 40.6 Å². The number of phosphoric ester groups is 1. The second kappa shape index (κ2) is 9.10. The maximum Gasteiger partial charge on any atom is 0.490 e. The van der Waals surface area contributed by atoms with Gasteiger partial charge in [-0.05, 0) is 10.6 Å². The van der Waals surface area contributed by atoms with Gasteiger partial charge < -0.3 is 35.2 Å². The van der Waals surface area contributed by atoms with Gasteiger partial charge in [-0.3, -0.25) is 18.9 Å². The number of nitrogen functional groups attached to an aromatic ring is 1. The topological polar surface area (TPSA) is 328 Å². The first kappa shape index (κ1) is 26.4. The largest absolute Gasteiger partial charge is 0.490 e. The zero-order valence-corrected chi connectivity index (χ0v) is 18.9. The molecular weight excluding hydrogens is 533 g/mol. The molecule has 2 aromatic rings. The number of azide groups is 1. The number of fused-ring (bicyclic) bond motifs is 1. The lowest BCUT2D eigenvalue weighted by Gasteiger charge is -2.25. The van der Waals surface area contributed by atoms with Crippen molar-refractivity contribution in [1.29, 1.82) is 0 Å². The summed E-state index contributed by atoms with van der Waals surface area (Å²) < 4.78 is 52.0. The average Bonchev–Trinajstić information content (AvgIpc) is 3.19. The van der Waals surface area contributed by atoms with Gasteiger partial charge in [-0.15, -0.1) is 0 Å². The molecule has 1 aliphatic rings. The summed E-state index contributed by atoms with van der Waals surface area (Å²) in [4.78, 5) is 60.3. The first-order chi connectivity index (χ1) is 15.6. The van der Waals surface area contributed by atoms with Crippen LogP contribution < -0.4 is 11.3 Å². The molecule has 0 amide bonds. The molecule has 24 heteroatoms. The molecule has 1 fully saturated rings. The average molecular weight is 548 g/mol. The lowest BCUT2D eigenvalue weighted by atomic mass is 10.1. The highest BCUT2D eigenvalue weighted by Crippen LogP contribution is 2.66. The molecule has 2 aromatic heterocycles. The highest BCUT2D eigenvalue weighted by molar-refractivity contribution is 7.66. The van der Waals surface area contributed by atoms with E-state index < -0.39 is 60.1 Å². The van der Waals surface area contributed by atoms with E-state index in [1.165, 1.54) is 0 Å². The number of aromatic amines is 1. The van der Waals surface area contributed by atoms with Crippen LogP contribution in [-0.4, -0.2) is 63.0 Å². The third-order valence-corrected chi connectivity index (χ3v) is 7.87. The van der Waals surface area contributed by atoms with Crippen molar-refractivity contribution in [3.63, 3.8) is 0 Å². The van der Waals surface area contributed by atoms with Crippen LogP contribution in [-0.2, 0) is 37.4 Å². The Morgan fingerprint density at radius 2 is 2.00 bits per heavy atom. The summed E-state index contributed by atoms with van der Waals surface area (Å²) >= 11 is 0. The standard InChI is InChI=1S/C10H15N8O13P3/c11-9-14-7-6(8(20)15-9)13-3-18(7)10(16-17-12)1-4(19)5(29-10)2-28-33(24,25)31-34(26,27)30-32(21,22)23/h3-5,19H,1-2H2,(H,24,25)(H,26,27)(H2,21,22,23)(H3,11,14,15,20)/t4-,5+,10-/m0/s1. The fraction of sp³-hybridized carbons (Fsp3) is 0.500. The molecule has 34 heavy (non-hydrogen) atoms. The number of aliphatic hydroxyl groups is 1. The molecule has 0 bridgehead atoms. The number of aromatic nitrogens is 4. The molecule has 3 heterocycles. The first-order valence-electron chi connectivity index (χ1n) is 8.50. The number of aliphatic hydroxyl groups excluding tert-OH is 1. The van der Waals surface area contributed by atoms with Gasteiger partial charge in [-0.25, -0.2) is 18.7 Å². The molecule has 188 valence electrons. The third-order valence-electron chi connectivity index (χ3n) is 4.06. The summed E-state index contributed by atoms with van der Waals surface area (Å²) in [5.74, 6) is -2.43. The van der Waals surface area contributed by atoms with Crippen LogP contribution in [0.5, 0.6) is 0 Å². The van der Waals surface area contributed by atoms with Crippen LogP contribution in [0.2, 0.25) is 0 Å². The Hall–Kier alpha value is -2.21. The monoisotopic (exact) mass is 548 g/mol. The van der Waals surface area contributed by atoms with Crippen molar-refractivity contribution in [3.8, 4) is 0 Å². The molecule has 0 aliphatic carbocycles. The summed E-state index contributed by atoms with van der Waals surface area (Å²) in [6.45, 7) is -1.03. The Balaban J connectivity index is 1.83. The Bertz CT molecular complexity index is 1350. The van der Waals surface area contributed by atoms with Crippen LogP contribution in [0.15, 0.2) is 16.2 Å². The van der Waals surface area contributed by atoms with Gasteiger partial charge in [0.15, 0.2) is 11.2 Å². The number of ether oxygens (including phenoxy) is 1. The fourth-order valence-corrected chi connectivity index (χ4v) is 5.94. The van der Waals surface area contributed by atoms with E-state index >= 15 is 0 Å². The van der Waals surface area contributed by atoms with E-state index in [2.05, 4.69) is 38.1 Å². The number of nitrogens with one attached hydrogen (secondary N) is 1. The highest BCUT2D eigenvalue weighted by atomic mass is 31.3. The third kappa shape index (κ3) is 5.88. The molecule has 2 unspecified atom stereocenters. The zero-order valence-electron chi connectivity index (χ0n) is 16.3. The maximum atomic E-state index is 12.0. The van der Waals surface area contributed by atoms with Gasteiger partial charge in [0.2, 0.25) is 11.8 Å². The Morgan fingerprint density at radius 1 is 1.32 bits per heavy atom. The molecule has 1 aliphatic heterocycles. The van der Waals surface area contributed by atoms with Gasteiger partial charge in [0.1, 0.15) is 6.10 Å². The van der Waals surface area contributed by atoms with Crippen molar-refractivity contribution in [2.45, 2.75) is 24.5 Å². The molecule has 5 atom stereocenters. The molecule has 1 saturated heterocycles. The summed E-state index contributed by atoms with van der Waals surface area (Å²) in [5.41, 5.74) is 13.4. The molecule has 0 spiro atoms. The van der Waals surface area contributed by atoms with Gasteiger partial charge in [-0.2, -0.15) is 13.6 Å². The lowest BCUT2D eigenvalue weighted by Crippen LogP contribution is -2.32. The van der Waals surface area contributed by atoms with E-state index in [4.69, 9.17) is 30.7 Å². The van der Waals surface area contributed by atoms with Crippen molar-refractivity contribution in [2.75, 3.05) is 12.3 Å². The summed E-state index contributed by atoms with van der Waals surface area (Å²) in [6.07, 6.45) is -2.62. The van der Waals surface area contributed by atoms with Crippen LogP contribution in [0.3, 0.4) is 0 Å². The molecule has 0 saturated carbocycles. The number of hydrogen-bond acceptors (Lipinski definition) is 13. The van der Waals surface area contributed by atoms with Gasteiger partial charge in [0.25, 0.3) is 5.56 Å². The van der Waals surface area contributed by atoms with Gasteiger partial charge in [0.05, 0.1) is 19.0 Å². The van der Waals surface area contributed by atoms with Crippen molar-refractivity contribution in [1.82, 2.24) is 19.5 Å². The quantitative estimate of drug-likeness (QED) is 0.0865. The normalized spacial score (nSPS) is 26.6. The zero-order chi connectivity index (χ0) is 25.5. The minimum Gasteiger partial charge on any atom is -0.390 e. The van der Waals surface area contributed by atoms with Gasteiger partial charge in [-0.1, -0.05) is 0 Å². The smallest absolute Gasteiger partial charge is 0.390 e. The number of phosphoric acid groups is 3. The Morgan fingerprint density at radius 3 is 2.62 bits per heavy atom. The predicted molar refractivity (Wildman–Crippen MR) is 105 cm³/mol. The number of hydrogen-bond donors (Lipinski definition) is 7. The van der Waals surface area contributed by atoms with Crippen LogP contribution in [0.4, 0.5) is 5.95 Å². The van der Waals surface area contributed by atoms with E-state index in [0.29, 0.717) is 0 Å². The molecule has 0 radical (unpaired) electrons. The van der Waals surface area contributed by atoms with Crippen molar-refractivity contribution in [3.05, 3.63) is 27.1 Å². The van der Waals surface area contributed by atoms with E-state index in [0.717, 1.165) is 10.9 Å². The molecule has 8 N–H and O–H groups in total. The summed E-state index contributed by atoms with van der Waals surface area (Å²) in [6, 6.07) is 0. The fourth-order valence-electron chi connectivity index (χ4n) is 2.91. The number of H-pyrrole nitrogens is 1. The van der Waals surface area contributed by atoms with Crippen molar-refractivity contribution < 1.29 is 56.3 Å². The van der Waals surface area contributed by atoms with E-state index in [9.17, 15) is 28.5 Å². The number of imidazole rings is 1. The van der Waals surface area contributed by atoms with E-state index in [1.807, 2.05) is 0 Å². The molecule has 0 aromatic carbocycles. The number of nitrogens with two attached hydrogens (primary N) is 1. The second-order valence-electron chi connectivity index (χ2n) is 6.49. The maximum absolute atomic E-state index is 12.0. The minimum absolute atomic E-state index is 0.200. The Kier molecular flexibility index (Phi) is 7.07. The van der Waals surface area contributed by atoms with Crippen LogP contribution in [0.1, 0.15) is 6.42 Å². The van der Waals surface area contributed by atoms with Crippen LogP contribution >= 0.6 is 23.5 Å².